The molecule has 5 nitrogen and oxygen atoms in total. The molecule has 2 rings (SSSR count). The molecule has 2 aromatic rings. The third kappa shape index (κ3) is 2.48. The van der Waals surface area contributed by atoms with E-state index >= 15 is 0 Å². The second-order valence-corrected chi connectivity index (χ2v) is 3.26. The molecule has 0 unspecified atom stereocenters. The molecule has 1 aromatic carbocycles. The van der Waals surface area contributed by atoms with E-state index < -0.39 is 11.6 Å². The first-order chi connectivity index (χ1) is 8.20. The first kappa shape index (κ1) is 11.3. The van der Waals surface area contributed by atoms with E-state index in [4.69, 9.17) is 15.4 Å². The summed E-state index contributed by atoms with van der Waals surface area (Å²) < 4.78 is 18.0. The van der Waals surface area contributed by atoms with Crippen LogP contribution in [0.4, 0.5) is 4.39 Å². The lowest BCUT2D eigenvalue weighted by molar-refractivity contribution is 0.411. The van der Waals surface area contributed by atoms with Gasteiger partial charge in [0.25, 0.3) is 5.89 Å². The van der Waals surface area contributed by atoms with E-state index in [0.717, 1.165) is 6.07 Å². The van der Waals surface area contributed by atoms with Crippen LogP contribution in [0.5, 0.6) is 5.75 Å². The van der Waals surface area contributed by atoms with Gasteiger partial charge in [0.15, 0.2) is 11.6 Å². The summed E-state index contributed by atoms with van der Waals surface area (Å²) in [5.41, 5.74) is 5.70. The van der Waals surface area contributed by atoms with Gasteiger partial charge in [0, 0.05) is 18.2 Å². The largest absolute Gasteiger partial charge is 0.505 e. The first-order valence-electron chi connectivity index (χ1n) is 4.90. The van der Waals surface area contributed by atoms with Crippen molar-refractivity contribution in [3.05, 3.63) is 36.0 Å². The van der Waals surface area contributed by atoms with Crippen LogP contribution in [-0.4, -0.2) is 21.8 Å². The van der Waals surface area contributed by atoms with Crippen LogP contribution in [-0.2, 0) is 0 Å². The van der Waals surface area contributed by atoms with Gasteiger partial charge in [0.2, 0.25) is 5.82 Å². The second kappa shape index (κ2) is 4.75. The number of aromatic nitrogens is 2. The van der Waals surface area contributed by atoms with Gasteiger partial charge in [-0.2, -0.15) is 4.98 Å². The number of nitrogens with two attached hydrogens (primary N) is 1. The number of nitrogens with zero attached hydrogens (tertiary/aromatic N) is 2. The van der Waals surface area contributed by atoms with Crippen molar-refractivity contribution in [1.82, 2.24) is 10.1 Å². The normalized spacial score (nSPS) is 11.2. The summed E-state index contributed by atoms with van der Waals surface area (Å²) in [5.74, 6) is -0.605. The van der Waals surface area contributed by atoms with Crippen LogP contribution in [0.3, 0.4) is 0 Å². The summed E-state index contributed by atoms with van der Waals surface area (Å²) in [6, 6.07) is 3.87. The molecule has 0 bridgehead atoms. The number of aromatic hydroxyl groups is 1. The molecule has 88 valence electrons. The third-order valence-electron chi connectivity index (χ3n) is 2.04. The monoisotopic (exact) mass is 235 g/mol. The molecular weight excluding hydrogens is 225 g/mol. The maximum Gasteiger partial charge on any atom is 0.250 e. The Morgan fingerprint density at radius 3 is 3.00 bits per heavy atom. The van der Waals surface area contributed by atoms with Crippen molar-refractivity contribution in [3.63, 3.8) is 0 Å². The summed E-state index contributed by atoms with van der Waals surface area (Å²) in [6.45, 7) is 0.367. The highest BCUT2D eigenvalue weighted by Crippen LogP contribution is 2.22. The van der Waals surface area contributed by atoms with Crippen molar-refractivity contribution in [2.24, 2.45) is 5.73 Å². The van der Waals surface area contributed by atoms with Crippen LogP contribution in [0.15, 0.2) is 28.8 Å². The van der Waals surface area contributed by atoms with E-state index in [1.165, 1.54) is 12.1 Å². The van der Waals surface area contributed by atoms with Crippen molar-refractivity contribution >= 4 is 6.08 Å². The topological polar surface area (TPSA) is 85.2 Å². The highest BCUT2D eigenvalue weighted by molar-refractivity contribution is 5.57. The van der Waals surface area contributed by atoms with E-state index in [2.05, 4.69) is 10.1 Å². The Hall–Kier alpha value is -2.21. The molecule has 1 aromatic heterocycles. The molecular formula is C11H10FN3O2. The minimum Gasteiger partial charge on any atom is -0.505 e. The van der Waals surface area contributed by atoms with Crippen molar-refractivity contribution in [2.75, 3.05) is 6.54 Å². The zero-order valence-corrected chi connectivity index (χ0v) is 8.80. The van der Waals surface area contributed by atoms with Gasteiger partial charge in [-0.1, -0.05) is 11.2 Å². The van der Waals surface area contributed by atoms with E-state index in [1.807, 2.05) is 0 Å². The quantitative estimate of drug-likeness (QED) is 0.843. The van der Waals surface area contributed by atoms with Gasteiger partial charge in [0.05, 0.1) is 0 Å². The van der Waals surface area contributed by atoms with Gasteiger partial charge in [-0.15, -0.1) is 0 Å². The highest BCUT2D eigenvalue weighted by Gasteiger charge is 2.09. The molecule has 0 fully saturated rings. The Bertz CT molecular complexity index is 551. The first-order valence-corrected chi connectivity index (χ1v) is 4.90. The average Bonchev–Trinajstić information content (AvgIpc) is 2.79. The van der Waals surface area contributed by atoms with Crippen molar-refractivity contribution < 1.29 is 14.0 Å². The van der Waals surface area contributed by atoms with Crippen LogP contribution < -0.4 is 5.73 Å². The summed E-state index contributed by atoms with van der Waals surface area (Å²) >= 11 is 0. The fraction of sp³-hybridized carbons (Fsp3) is 0.0909. The lowest BCUT2D eigenvalue weighted by Crippen LogP contribution is -1.91. The number of phenols is 1. The molecule has 0 spiro atoms. The van der Waals surface area contributed by atoms with Crippen LogP contribution in [0.2, 0.25) is 0 Å². The highest BCUT2D eigenvalue weighted by atomic mass is 19.1. The zero-order valence-electron chi connectivity index (χ0n) is 8.80. The fourth-order valence-corrected chi connectivity index (χ4v) is 1.23. The third-order valence-corrected chi connectivity index (χ3v) is 2.04. The second-order valence-electron chi connectivity index (χ2n) is 3.26. The Morgan fingerprint density at radius 1 is 1.47 bits per heavy atom. The summed E-state index contributed by atoms with van der Waals surface area (Å²) in [7, 11) is 0. The Morgan fingerprint density at radius 2 is 2.29 bits per heavy atom. The Labute approximate surface area is 96.4 Å². The van der Waals surface area contributed by atoms with Crippen molar-refractivity contribution in [3.8, 4) is 17.1 Å². The van der Waals surface area contributed by atoms with Gasteiger partial charge in [-0.3, -0.25) is 0 Å². The minimum atomic E-state index is -0.730. The van der Waals surface area contributed by atoms with E-state index in [1.54, 1.807) is 12.2 Å². The molecule has 17 heavy (non-hydrogen) atoms. The Kier molecular flexibility index (Phi) is 3.15. The fourth-order valence-electron chi connectivity index (χ4n) is 1.23. The van der Waals surface area contributed by atoms with Crippen LogP contribution in [0, 0.1) is 5.82 Å². The van der Waals surface area contributed by atoms with E-state index in [0.29, 0.717) is 18.0 Å². The summed E-state index contributed by atoms with van der Waals surface area (Å²) in [6.07, 6.45) is 3.24. The molecule has 0 aliphatic heterocycles. The van der Waals surface area contributed by atoms with Gasteiger partial charge < -0.3 is 15.4 Å². The van der Waals surface area contributed by atoms with Crippen LogP contribution in [0.25, 0.3) is 17.5 Å². The molecule has 1 heterocycles. The number of hydrogen-bond donors (Lipinski definition) is 2. The lowest BCUT2D eigenvalue weighted by Gasteiger charge is -1.96. The maximum atomic E-state index is 13.1. The number of benzene rings is 1. The predicted molar refractivity (Wildman–Crippen MR) is 59.4 cm³/mol. The maximum absolute atomic E-state index is 13.1. The average molecular weight is 235 g/mol. The van der Waals surface area contributed by atoms with Crippen molar-refractivity contribution in [2.45, 2.75) is 0 Å². The number of hydrogen-bond acceptors (Lipinski definition) is 5. The lowest BCUT2D eigenvalue weighted by atomic mass is 10.2. The molecule has 0 aliphatic rings. The minimum absolute atomic E-state index is 0.251. The number of phenolic OH excluding ortho intramolecular Hbond substituents is 1. The smallest absolute Gasteiger partial charge is 0.250 e. The van der Waals surface area contributed by atoms with Gasteiger partial charge in [-0.25, -0.2) is 4.39 Å². The number of halogens is 1. The van der Waals surface area contributed by atoms with Crippen molar-refractivity contribution in [1.29, 1.82) is 0 Å². The SMILES string of the molecule is NC/C=C/c1nc(-c2ccc(O)c(F)c2)no1. The summed E-state index contributed by atoms with van der Waals surface area (Å²) in [5, 5.41) is 12.7. The van der Waals surface area contributed by atoms with E-state index in [-0.39, 0.29) is 5.82 Å². The molecule has 0 atom stereocenters. The van der Waals surface area contributed by atoms with E-state index in [9.17, 15) is 4.39 Å². The molecule has 0 aliphatic carbocycles. The Balaban J connectivity index is 2.30. The standard InChI is InChI=1S/C11H10FN3O2/c12-8-6-7(3-4-9(8)16)11-14-10(17-15-11)2-1-5-13/h1-4,6,16H,5,13H2/b2-1+. The number of rotatable bonds is 3. The summed E-state index contributed by atoms with van der Waals surface area (Å²) in [4.78, 5) is 4.02. The molecule has 0 saturated carbocycles. The zero-order chi connectivity index (χ0) is 12.3. The predicted octanol–water partition coefficient (Wildman–Crippen LogP) is 1.55. The van der Waals surface area contributed by atoms with Crippen LogP contribution >= 0.6 is 0 Å². The van der Waals surface area contributed by atoms with Gasteiger partial charge in [0.1, 0.15) is 0 Å². The molecule has 6 heteroatoms. The van der Waals surface area contributed by atoms with Gasteiger partial charge >= 0.3 is 0 Å². The molecule has 0 radical (unpaired) electrons. The molecule has 0 amide bonds. The molecule has 3 N–H and O–H groups in total. The van der Waals surface area contributed by atoms with Crippen LogP contribution in [0.1, 0.15) is 5.89 Å². The molecule has 0 saturated heterocycles. The van der Waals surface area contributed by atoms with Gasteiger partial charge in [-0.05, 0) is 18.2 Å².